The summed E-state index contributed by atoms with van der Waals surface area (Å²) in [4.78, 5) is 15.4. The molecular formula is C18H15NO. The summed E-state index contributed by atoms with van der Waals surface area (Å²) in [6.45, 7) is 1.61. The fourth-order valence-corrected chi connectivity index (χ4v) is 2.44. The third-order valence-electron chi connectivity index (χ3n) is 3.39. The molecule has 3 rings (SSSR count). The summed E-state index contributed by atoms with van der Waals surface area (Å²) in [5.41, 5.74) is 3.30. The summed E-state index contributed by atoms with van der Waals surface area (Å²) in [6.07, 6.45) is 4.26. The van der Waals surface area contributed by atoms with E-state index in [-0.39, 0.29) is 5.78 Å². The molecule has 0 unspecified atom stereocenters. The molecule has 0 spiro atoms. The third kappa shape index (κ3) is 2.45. The number of aromatic nitrogens is 1. The van der Waals surface area contributed by atoms with E-state index in [2.05, 4.69) is 29.2 Å². The van der Waals surface area contributed by atoms with Gasteiger partial charge in [-0.2, -0.15) is 0 Å². The van der Waals surface area contributed by atoms with Crippen LogP contribution in [0.3, 0.4) is 0 Å². The van der Waals surface area contributed by atoms with Gasteiger partial charge < -0.3 is 0 Å². The molecule has 0 aliphatic carbocycles. The zero-order valence-corrected chi connectivity index (χ0v) is 11.3. The van der Waals surface area contributed by atoms with Gasteiger partial charge in [0.25, 0.3) is 0 Å². The number of rotatable bonds is 3. The number of pyridine rings is 1. The van der Waals surface area contributed by atoms with Crippen molar-refractivity contribution in [3.8, 4) is 11.1 Å². The zero-order valence-electron chi connectivity index (χ0n) is 11.3. The van der Waals surface area contributed by atoms with Crippen molar-refractivity contribution < 1.29 is 4.79 Å². The summed E-state index contributed by atoms with van der Waals surface area (Å²) < 4.78 is 0. The van der Waals surface area contributed by atoms with Crippen LogP contribution in [-0.4, -0.2) is 10.8 Å². The fraction of sp³-hybridized carbons (Fsp3) is 0.111. The van der Waals surface area contributed by atoms with E-state index >= 15 is 0 Å². The van der Waals surface area contributed by atoms with Crippen LogP contribution < -0.4 is 0 Å². The topological polar surface area (TPSA) is 30.0 Å². The van der Waals surface area contributed by atoms with Gasteiger partial charge >= 0.3 is 0 Å². The first-order chi connectivity index (χ1) is 9.74. The lowest BCUT2D eigenvalue weighted by Gasteiger charge is -2.07. The Labute approximate surface area is 118 Å². The molecule has 98 valence electrons. The van der Waals surface area contributed by atoms with Crippen molar-refractivity contribution in [1.82, 2.24) is 4.98 Å². The second-order valence-electron chi connectivity index (χ2n) is 4.98. The van der Waals surface area contributed by atoms with Gasteiger partial charge in [0.2, 0.25) is 0 Å². The van der Waals surface area contributed by atoms with E-state index in [0.717, 1.165) is 22.1 Å². The molecule has 2 heteroatoms. The molecular weight excluding hydrogens is 246 g/mol. The van der Waals surface area contributed by atoms with E-state index in [9.17, 15) is 4.79 Å². The Hall–Kier alpha value is -2.48. The highest BCUT2D eigenvalue weighted by atomic mass is 16.1. The predicted molar refractivity (Wildman–Crippen MR) is 81.6 cm³/mol. The Balaban J connectivity index is 2.05. The molecule has 1 heterocycles. The van der Waals surface area contributed by atoms with Crippen LogP contribution in [0.5, 0.6) is 0 Å². The lowest BCUT2D eigenvalue weighted by Crippen LogP contribution is -1.95. The number of hydrogen-bond acceptors (Lipinski definition) is 2. The van der Waals surface area contributed by atoms with Crippen LogP contribution in [-0.2, 0) is 11.2 Å². The zero-order chi connectivity index (χ0) is 13.9. The summed E-state index contributed by atoms with van der Waals surface area (Å²) in [7, 11) is 0. The van der Waals surface area contributed by atoms with Crippen LogP contribution in [0.25, 0.3) is 21.9 Å². The number of ketones is 1. The van der Waals surface area contributed by atoms with Crippen LogP contribution >= 0.6 is 0 Å². The molecule has 1 aromatic heterocycles. The second kappa shape index (κ2) is 5.25. The molecule has 0 fully saturated rings. The standard InChI is InChI=1S/C18H15NO/c1-13(20)10-14-6-8-15(9-7-14)18-12-19-11-16-4-2-3-5-17(16)18/h2-9,11-12H,10H2,1H3. The first-order valence-electron chi connectivity index (χ1n) is 6.65. The van der Waals surface area contributed by atoms with Gasteiger partial charge in [-0.3, -0.25) is 9.78 Å². The number of carbonyl (C=O) groups excluding carboxylic acids is 1. The van der Waals surface area contributed by atoms with Crippen molar-refractivity contribution in [3.05, 3.63) is 66.5 Å². The van der Waals surface area contributed by atoms with E-state index in [0.29, 0.717) is 6.42 Å². The largest absolute Gasteiger partial charge is 0.300 e. The molecule has 0 radical (unpaired) electrons. The Kier molecular flexibility index (Phi) is 3.30. The molecule has 0 bridgehead atoms. The smallest absolute Gasteiger partial charge is 0.134 e. The Morgan fingerprint density at radius 3 is 2.50 bits per heavy atom. The summed E-state index contributed by atoms with van der Waals surface area (Å²) in [5.74, 6) is 0.185. The highest BCUT2D eigenvalue weighted by Crippen LogP contribution is 2.27. The van der Waals surface area contributed by atoms with Gasteiger partial charge in [-0.15, -0.1) is 0 Å². The first kappa shape index (κ1) is 12.5. The van der Waals surface area contributed by atoms with E-state index in [4.69, 9.17) is 0 Å². The SMILES string of the molecule is CC(=O)Cc1ccc(-c2cncc3ccccc23)cc1. The molecule has 0 atom stereocenters. The van der Waals surface area contributed by atoms with Crippen LogP contribution in [0.4, 0.5) is 0 Å². The van der Waals surface area contributed by atoms with Crippen molar-refractivity contribution in [2.24, 2.45) is 0 Å². The third-order valence-corrected chi connectivity index (χ3v) is 3.39. The van der Waals surface area contributed by atoms with E-state index < -0.39 is 0 Å². The minimum atomic E-state index is 0.185. The normalized spacial score (nSPS) is 10.7. The van der Waals surface area contributed by atoms with Crippen LogP contribution in [0.1, 0.15) is 12.5 Å². The summed E-state index contributed by atoms with van der Waals surface area (Å²) in [6, 6.07) is 16.4. The maximum absolute atomic E-state index is 11.1. The predicted octanol–water partition coefficient (Wildman–Crippen LogP) is 4.03. The average Bonchev–Trinajstić information content (AvgIpc) is 2.47. The molecule has 2 nitrogen and oxygen atoms in total. The molecule has 0 amide bonds. The van der Waals surface area contributed by atoms with Crippen molar-refractivity contribution in [2.45, 2.75) is 13.3 Å². The summed E-state index contributed by atoms with van der Waals surface area (Å²) >= 11 is 0. The highest BCUT2D eigenvalue weighted by molar-refractivity contribution is 5.95. The van der Waals surface area contributed by atoms with Crippen molar-refractivity contribution in [3.63, 3.8) is 0 Å². The quantitative estimate of drug-likeness (QED) is 0.712. The second-order valence-corrected chi connectivity index (χ2v) is 4.98. The Morgan fingerprint density at radius 2 is 1.75 bits per heavy atom. The molecule has 2 aromatic carbocycles. The van der Waals surface area contributed by atoms with E-state index in [1.54, 1.807) is 6.92 Å². The lowest BCUT2D eigenvalue weighted by atomic mass is 9.99. The van der Waals surface area contributed by atoms with Gasteiger partial charge in [-0.05, 0) is 23.4 Å². The minimum Gasteiger partial charge on any atom is -0.300 e. The lowest BCUT2D eigenvalue weighted by molar-refractivity contribution is -0.116. The molecule has 0 saturated heterocycles. The molecule has 0 saturated carbocycles. The maximum atomic E-state index is 11.1. The van der Waals surface area contributed by atoms with Crippen LogP contribution in [0, 0.1) is 0 Å². The molecule has 3 aromatic rings. The molecule has 0 aliphatic heterocycles. The Morgan fingerprint density at radius 1 is 1.00 bits per heavy atom. The molecule has 0 aliphatic rings. The highest BCUT2D eigenvalue weighted by Gasteiger charge is 2.04. The van der Waals surface area contributed by atoms with Crippen molar-refractivity contribution >= 4 is 16.6 Å². The molecule has 0 N–H and O–H groups in total. The van der Waals surface area contributed by atoms with Crippen molar-refractivity contribution in [1.29, 1.82) is 0 Å². The minimum absolute atomic E-state index is 0.185. The van der Waals surface area contributed by atoms with Gasteiger partial charge in [-0.25, -0.2) is 0 Å². The average molecular weight is 261 g/mol. The van der Waals surface area contributed by atoms with Crippen LogP contribution in [0.15, 0.2) is 60.9 Å². The maximum Gasteiger partial charge on any atom is 0.134 e. The fourth-order valence-electron chi connectivity index (χ4n) is 2.44. The van der Waals surface area contributed by atoms with Gasteiger partial charge in [0, 0.05) is 29.8 Å². The first-order valence-corrected chi connectivity index (χ1v) is 6.65. The van der Waals surface area contributed by atoms with Gasteiger partial charge in [-0.1, -0.05) is 48.5 Å². The van der Waals surface area contributed by atoms with Crippen LogP contribution in [0.2, 0.25) is 0 Å². The van der Waals surface area contributed by atoms with E-state index in [1.807, 2.05) is 36.7 Å². The van der Waals surface area contributed by atoms with Gasteiger partial charge in [0.1, 0.15) is 5.78 Å². The number of fused-ring (bicyclic) bond motifs is 1. The number of benzene rings is 2. The number of Topliss-reactive ketones (excluding diaryl/α,β-unsaturated/α-hetero) is 1. The Bertz CT molecular complexity index is 754. The monoisotopic (exact) mass is 261 g/mol. The van der Waals surface area contributed by atoms with Gasteiger partial charge in [0.15, 0.2) is 0 Å². The molecule has 20 heavy (non-hydrogen) atoms. The van der Waals surface area contributed by atoms with Crippen molar-refractivity contribution in [2.75, 3.05) is 0 Å². The number of hydrogen-bond donors (Lipinski definition) is 0. The van der Waals surface area contributed by atoms with Gasteiger partial charge in [0.05, 0.1) is 0 Å². The number of nitrogens with zero attached hydrogens (tertiary/aromatic N) is 1. The number of carbonyl (C=O) groups is 1. The van der Waals surface area contributed by atoms with E-state index in [1.165, 1.54) is 5.39 Å². The summed E-state index contributed by atoms with van der Waals surface area (Å²) in [5, 5.41) is 2.33.